The van der Waals surface area contributed by atoms with Crippen LogP contribution in [0.3, 0.4) is 0 Å². The highest BCUT2D eigenvalue weighted by atomic mass is 32.2. The van der Waals surface area contributed by atoms with Crippen molar-refractivity contribution in [2.24, 2.45) is 0 Å². The van der Waals surface area contributed by atoms with E-state index in [1.54, 1.807) is 23.1 Å². The average molecular weight is 223 g/mol. The van der Waals surface area contributed by atoms with Gasteiger partial charge in [-0.15, -0.1) is 11.3 Å². The Morgan fingerprint density at radius 2 is 2.14 bits per heavy atom. The van der Waals surface area contributed by atoms with Gasteiger partial charge in [0.15, 0.2) is 0 Å². The fourth-order valence-corrected chi connectivity index (χ4v) is 3.35. The largest absolute Gasteiger partial charge is 0.412 e. The van der Waals surface area contributed by atoms with Crippen molar-refractivity contribution in [3.63, 3.8) is 0 Å². The maximum absolute atomic E-state index is 2.17. The number of nitrogens with zero attached hydrogens (tertiary/aromatic N) is 1. The Hall–Kier alpha value is -0.970. The van der Waals surface area contributed by atoms with E-state index in [4.69, 9.17) is 0 Å². The number of thioether (sulfide) groups is 1. The Balaban J connectivity index is 0.000000750. The highest BCUT2D eigenvalue weighted by molar-refractivity contribution is 8.10. The lowest BCUT2D eigenvalue weighted by atomic mass is 10.4. The molecule has 0 saturated carbocycles. The van der Waals surface area contributed by atoms with Gasteiger partial charge in [-0.2, -0.15) is 0 Å². The standard InChI is InChI=1S/C10H7NS2.H2O/c1-2-8-3-6-12-9(8)10-11(4-1)5-7-13-10;/h1-7H;1H2. The Kier molecular flexibility index (Phi) is 2.50. The maximum atomic E-state index is 2.17. The molecule has 2 N–H and O–H groups in total. The van der Waals surface area contributed by atoms with Crippen molar-refractivity contribution in [2.45, 2.75) is 0 Å². The molecule has 2 nitrogen and oxygen atoms in total. The quantitative estimate of drug-likeness (QED) is 0.652. The molecule has 0 atom stereocenters. The van der Waals surface area contributed by atoms with E-state index in [9.17, 15) is 0 Å². The summed E-state index contributed by atoms with van der Waals surface area (Å²) >= 11 is 3.59. The summed E-state index contributed by atoms with van der Waals surface area (Å²) < 4.78 is 1.38. The molecule has 1 aromatic heterocycles. The minimum atomic E-state index is 0. The van der Waals surface area contributed by atoms with Crippen molar-refractivity contribution >= 4 is 34.2 Å². The molecule has 0 unspecified atom stereocenters. The van der Waals surface area contributed by atoms with Crippen LogP contribution in [0.1, 0.15) is 0 Å². The molecular weight excluding hydrogens is 214 g/mol. The number of rotatable bonds is 0. The first-order valence-electron chi connectivity index (χ1n) is 4.03. The molecule has 3 rings (SSSR count). The summed E-state index contributed by atoms with van der Waals surface area (Å²) in [6.45, 7) is 0. The van der Waals surface area contributed by atoms with Crippen molar-refractivity contribution in [1.29, 1.82) is 0 Å². The van der Waals surface area contributed by atoms with Gasteiger partial charge in [0.25, 0.3) is 0 Å². The van der Waals surface area contributed by atoms with Crippen LogP contribution >= 0.6 is 23.1 Å². The number of allylic oxidation sites excluding steroid dienone is 1. The van der Waals surface area contributed by atoms with E-state index in [2.05, 4.69) is 46.3 Å². The molecule has 0 spiro atoms. The van der Waals surface area contributed by atoms with Gasteiger partial charge in [-0.05, 0) is 28.1 Å². The van der Waals surface area contributed by atoms with E-state index in [-0.39, 0.29) is 5.48 Å². The van der Waals surface area contributed by atoms with Gasteiger partial charge in [0.1, 0.15) is 5.03 Å². The van der Waals surface area contributed by atoms with E-state index in [1.165, 1.54) is 14.8 Å². The van der Waals surface area contributed by atoms with Gasteiger partial charge in [-0.3, -0.25) is 0 Å². The minimum absolute atomic E-state index is 0. The Bertz CT molecular complexity index is 512. The monoisotopic (exact) mass is 223 g/mol. The first kappa shape index (κ1) is 9.58. The van der Waals surface area contributed by atoms with Crippen LogP contribution in [0.15, 0.2) is 35.3 Å². The second kappa shape index (κ2) is 3.65. The molecule has 0 aromatic carbocycles. The van der Waals surface area contributed by atoms with Crippen LogP contribution in [0.2, 0.25) is 0 Å². The van der Waals surface area contributed by atoms with Crippen LogP contribution in [0.25, 0.3) is 11.1 Å². The summed E-state index contributed by atoms with van der Waals surface area (Å²) in [5.74, 6) is 0. The summed E-state index contributed by atoms with van der Waals surface area (Å²) in [6, 6.07) is 2.17. The molecule has 1 aromatic rings. The van der Waals surface area contributed by atoms with Gasteiger partial charge in [0.05, 0.1) is 4.53 Å². The third-order valence-corrected chi connectivity index (χ3v) is 4.01. The Labute approximate surface area is 89.9 Å². The molecule has 4 heteroatoms. The molecule has 14 heavy (non-hydrogen) atoms. The molecule has 0 saturated heterocycles. The van der Waals surface area contributed by atoms with Crippen LogP contribution in [0.5, 0.6) is 0 Å². The molecule has 0 radical (unpaired) electrons. The second-order valence-corrected chi connectivity index (χ2v) is 4.64. The fraction of sp³-hybridized carbons (Fsp3) is 0. The molecule has 72 valence electrons. The third kappa shape index (κ3) is 1.32. The number of hydrogen-bond donors (Lipinski definition) is 0. The molecule has 0 fully saturated rings. The molecule has 0 bridgehead atoms. The van der Waals surface area contributed by atoms with Crippen molar-refractivity contribution in [2.75, 3.05) is 0 Å². The van der Waals surface area contributed by atoms with Crippen molar-refractivity contribution in [3.05, 3.63) is 45.1 Å². The zero-order valence-corrected chi connectivity index (χ0v) is 8.94. The summed E-state index contributed by atoms with van der Waals surface area (Å²) in [4.78, 5) is 2.17. The van der Waals surface area contributed by atoms with Gasteiger partial charge >= 0.3 is 0 Å². The number of fused-ring (bicyclic) bond motifs is 2. The van der Waals surface area contributed by atoms with Crippen molar-refractivity contribution < 1.29 is 5.48 Å². The summed E-state index contributed by atoms with van der Waals surface area (Å²) in [5.41, 5.74) is 0. The van der Waals surface area contributed by atoms with Gasteiger partial charge in [-0.1, -0.05) is 17.8 Å². The minimum Gasteiger partial charge on any atom is -0.412 e. The maximum Gasteiger partial charge on any atom is 0.101 e. The number of hydrogen-bond acceptors (Lipinski definition) is 3. The summed E-state index contributed by atoms with van der Waals surface area (Å²) in [6.07, 6.45) is 8.44. The highest BCUT2D eigenvalue weighted by Gasteiger charge is 2.12. The molecule has 2 aliphatic rings. The van der Waals surface area contributed by atoms with E-state index < -0.39 is 0 Å². The smallest absolute Gasteiger partial charge is 0.101 e. The fourth-order valence-electron chi connectivity index (χ4n) is 1.44. The SMILES string of the molecule is C1=CN2C=CSC2=c2sccc2=C1.O. The predicted octanol–water partition coefficient (Wildman–Crippen LogP) is 0.817. The van der Waals surface area contributed by atoms with Crippen LogP contribution in [-0.4, -0.2) is 10.4 Å². The summed E-state index contributed by atoms with van der Waals surface area (Å²) in [7, 11) is 0. The van der Waals surface area contributed by atoms with Gasteiger partial charge < -0.3 is 10.4 Å². The first-order valence-corrected chi connectivity index (χ1v) is 5.79. The third-order valence-electron chi connectivity index (χ3n) is 2.05. The van der Waals surface area contributed by atoms with Gasteiger partial charge in [0, 0.05) is 12.4 Å². The van der Waals surface area contributed by atoms with Crippen LogP contribution in [-0.2, 0) is 0 Å². The highest BCUT2D eigenvalue weighted by Crippen LogP contribution is 2.29. The van der Waals surface area contributed by atoms with Crippen LogP contribution in [0, 0.1) is 0 Å². The number of thiophene rings is 1. The predicted molar refractivity (Wildman–Crippen MR) is 62.8 cm³/mol. The van der Waals surface area contributed by atoms with Gasteiger partial charge in [-0.25, -0.2) is 0 Å². The lowest BCUT2D eigenvalue weighted by Gasteiger charge is -2.09. The Morgan fingerprint density at radius 1 is 1.21 bits per heavy atom. The van der Waals surface area contributed by atoms with E-state index in [0.29, 0.717) is 0 Å². The first-order chi connectivity index (χ1) is 6.45. The lowest BCUT2D eigenvalue weighted by Crippen LogP contribution is -2.21. The zero-order valence-electron chi connectivity index (χ0n) is 7.31. The van der Waals surface area contributed by atoms with E-state index in [1.807, 2.05) is 0 Å². The van der Waals surface area contributed by atoms with Crippen molar-refractivity contribution in [3.8, 4) is 0 Å². The van der Waals surface area contributed by atoms with E-state index >= 15 is 0 Å². The Morgan fingerprint density at radius 3 is 3.07 bits per heavy atom. The molecule has 0 aliphatic carbocycles. The molecular formula is C10H9NOS2. The van der Waals surface area contributed by atoms with Gasteiger partial charge in [0.2, 0.25) is 0 Å². The summed E-state index contributed by atoms with van der Waals surface area (Å²) in [5, 5.41) is 6.92. The van der Waals surface area contributed by atoms with E-state index in [0.717, 1.165) is 0 Å². The molecule has 2 aliphatic heterocycles. The lowest BCUT2D eigenvalue weighted by molar-refractivity contribution is 0.753. The van der Waals surface area contributed by atoms with Crippen molar-refractivity contribution in [1.82, 2.24) is 4.90 Å². The molecule has 3 heterocycles. The zero-order chi connectivity index (χ0) is 8.67. The molecule has 0 amide bonds. The topological polar surface area (TPSA) is 34.7 Å². The second-order valence-electron chi connectivity index (χ2n) is 2.83. The normalized spacial score (nSPS) is 16.9. The average Bonchev–Trinajstić information content (AvgIpc) is 2.72. The van der Waals surface area contributed by atoms with Crippen LogP contribution < -0.4 is 9.75 Å². The van der Waals surface area contributed by atoms with Crippen LogP contribution in [0.4, 0.5) is 0 Å².